The molecule has 1 unspecified atom stereocenters. The Morgan fingerprint density at radius 2 is 1.61 bits per heavy atom. The SMILES string of the molecule is CCCNC(=O)C(C)N(Cc1c(Cl)cccc1Cl)C(=O)CN(C)S(=O)(=O)c1ccc2ccccc2c1. The maximum atomic E-state index is 13.4. The van der Waals surface area contributed by atoms with Crippen LogP contribution in [0.3, 0.4) is 0 Å². The van der Waals surface area contributed by atoms with Gasteiger partial charge in [0.15, 0.2) is 0 Å². The molecule has 7 nitrogen and oxygen atoms in total. The molecule has 36 heavy (non-hydrogen) atoms. The summed E-state index contributed by atoms with van der Waals surface area (Å²) in [5, 5.41) is 5.15. The van der Waals surface area contributed by atoms with Crippen LogP contribution in [-0.2, 0) is 26.2 Å². The van der Waals surface area contributed by atoms with Gasteiger partial charge in [-0.25, -0.2) is 8.42 Å². The molecule has 2 amide bonds. The van der Waals surface area contributed by atoms with E-state index in [1.54, 1.807) is 37.3 Å². The Labute approximate surface area is 222 Å². The molecule has 0 fully saturated rings. The van der Waals surface area contributed by atoms with Crippen molar-refractivity contribution in [1.29, 1.82) is 0 Å². The van der Waals surface area contributed by atoms with Crippen LogP contribution in [0.2, 0.25) is 10.0 Å². The molecule has 0 aromatic heterocycles. The van der Waals surface area contributed by atoms with Crippen LogP contribution in [-0.4, -0.2) is 55.6 Å². The number of rotatable bonds is 10. The van der Waals surface area contributed by atoms with Crippen molar-refractivity contribution >= 4 is 55.8 Å². The van der Waals surface area contributed by atoms with Crippen molar-refractivity contribution in [2.75, 3.05) is 20.1 Å². The molecule has 0 aliphatic heterocycles. The molecule has 3 aromatic carbocycles. The molecule has 3 rings (SSSR count). The smallest absolute Gasteiger partial charge is 0.243 e. The van der Waals surface area contributed by atoms with E-state index in [9.17, 15) is 18.0 Å². The second kappa shape index (κ2) is 12.1. The highest BCUT2D eigenvalue weighted by Gasteiger charge is 2.31. The van der Waals surface area contributed by atoms with Crippen LogP contribution in [0.25, 0.3) is 10.8 Å². The summed E-state index contributed by atoms with van der Waals surface area (Å²) in [5.41, 5.74) is 0.476. The minimum atomic E-state index is -3.98. The highest BCUT2D eigenvalue weighted by Crippen LogP contribution is 2.27. The Balaban J connectivity index is 1.88. The lowest BCUT2D eigenvalue weighted by Gasteiger charge is -2.30. The summed E-state index contributed by atoms with van der Waals surface area (Å²) in [6.45, 7) is 3.44. The number of likely N-dealkylation sites (N-methyl/N-ethyl adjacent to an activating group) is 1. The second-order valence-electron chi connectivity index (χ2n) is 8.46. The van der Waals surface area contributed by atoms with E-state index in [4.69, 9.17) is 23.2 Å². The van der Waals surface area contributed by atoms with Gasteiger partial charge in [0.25, 0.3) is 0 Å². The van der Waals surface area contributed by atoms with Crippen LogP contribution in [0.15, 0.2) is 65.6 Å². The lowest BCUT2D eigenvalue weighted by Crippen LogP contribution is -2.50. The van der Waals surface area contributed by atoms with E-state index >= 15 is 0 Å². The molecule has 1 atom stereocenters. The third-order valence-corrected chi connectivity index (χ3v) is 8.40. The summed E-state index contributed by atoms with van der Waals surface area (Å²) in [6, 6.07) is 16.3. The van der Waals surface area contributed by atoms with Gasteiger partial charge in [0.05, 0.1) is 11.4 Å². The van der Waals surface area contributed by atoms with Crippen molar-refractivity contribution < 1.29 is 18.0 Å². The molecule has 0 saturated heterocycles. The summed E-state index contributed by atoms with van der Waals surface area (Å²) in [4.78, 5) is 27.5. The Morgan fingerprint density at radius 1 is 0.972 bits per heavy atom. The zero-order valence-electron chi connectivity index (χ0n) is 20.4. The largest absolute Gasteiger partial charge is 0.354 e. The Morgan fingerprint density at radius 3 is 2.25 bits per heavy atom. The summed E-state index contributed by atoms with van der Waals surface area (Å²) in [5.74, 6) is -0.912. The number of fused-ring (bicyclic) bond motifs is 1. The van der Waals surface area contributed by atoms with Crippen LogP contribution < -0.4 is 5.32 Å². The van der Waals surface area contributed by atoms with Gasteiger partial charge in [-0.1, -0.05) is 66.5 Å². The number of amides is 2. The number of nitrogens with zero attached hydrogens (tertiary/aromatic N) is 2. The van der Waals surface area contributed by atoms with Crippen LogP contribution in [0.1, 0.15) is 25.8 Å². The van der Waals surface area contributed by atoms with E-state index in [-0.39, 0.29) is 17.3 Å². The molecular formula is C26H29Cl2N3O4S. The van der Waals surface area contributed by atoms with E-state index < -0.39 is 28.5 Å². The number of hydrogen-bond donors (Lipinski definition) is 1. The number of sulfonamides is 1. The molecule has 0 aliphatic carbocycles. The van der Waals surface area contributed by atoms with Crippen LogP contribution >= 0.6 is 23.2 Å². The standard InChI is InChI=1S/C26H29Cl2N3O4S/c1-4-14-29-26(33)18(2)31(16-22-23(27)10-7-11-24(22)28)25(32)17-30(3)36(34,35)21-13-12-19-8-5-6-9-20(19)15-21/h5-13,15,18H,4,14,16-17H2,1-3H3,(H,29,33). The van der Waals surface area contributed by atoms with Gasteiger partial charge < -0.3 is 10.2 Å². The minimum absolute atomic E-state index is 0.0537. The number of halogens is 2. The molecule has 10 heteroatoms. The molecule has 0 bridgehead atoms. The normalized spacial score (nSPS) is 12.5. The van der Waals surface area contributed by atoms with Crippen LogP contribution in [0.4, 0.5) is 0 Å². The molecule has 1 N–H and O–H groups in total. The van der Waals surface area contributed by atoms with Gasteiger partial charge in [0.2, 0.25) is 21.8 Å². The van der Waals surface area contributed by atoms with E-state index in [0.29, 0.717) is 22.2 Å². The fourth-order valence-corrected chi connectivity index (χ4v) is 5.38. The summed E-state index contributed by atoms with van der Waals surface area (Å²) in [7, 11) is -2.64. The molecule has 192 valence electrons. The average molecular weight is 551 g/mol. The van der Waals surface area contributed by atoms with Gasteiger partial charge in [0, 0.05) is 35.7 Å². The predicted octanol–water partition coefficient (Wildman–Crippen LogP) is 4.71. The average Bonchev–Trinajstić information content (AvgIpc) is 2.86. The first-order chi connectivity index (χ1) is 17.1. The lowest BCUT2D eigenvalue weighted by molar-refractivity contribution is -0.140. The molecule has 0 aliphatic rings. The molecule has 3 aromatic rings. The maximum Gasteiger partial charge on any atom is 0.243 e. The monoisotopic (exact) mass is 549 g/mol. The van der Waals surface area contributed by atoms with E-state index in [0.717, 1.165) is 21.5 Å². The number of carbonyl (C=O) groups excluding carboxylic acids is 2. The van der Waals surface area contributed by atoms with Crippen molar-refractivity contribution in [3.63, 3.8) is 0 Å². The topological polar surface area (TPSA) is 86.8 Å². The van der Waals surface area contributed by atoms with Crippen molar-refractivity contribution in [2.24, 2.45) is 0 Å². The van der Waals surface area contributed by atoms with Crippen molar-refractivity contribution in [1.82, 2.24) is 14.5 Å². The highest BCUT2D eigenvalue weighted by molar-refractivity contribution is 7.89. The molecule has 0 radical (unpaired) electrons. The fourth-order valence-electron chi connectivity index (χ4n) is 3.71. The lowest BCUT2D eigenvalue weighted by atomic mass is 10.1. The number of carbonyl (C=O) groups is 2. The van der Waals surface area contributed by atoms with Crippen molar-refractivity contribution in [3.8, 4) is 0 Å². The van der Waals surface area contributed by atoms with Gasteiger partial charge in [-0.05, 0) is 48.4 Å². The summed E-state index contributed by atoms with van der Waals surface area (Å²) in [6.07, 6.45) is 0.732. The Bertz CT molecular complexity index is 1340. The van der Waals surface area contributed by atoms with Crippen molar-refractivity contribution in [2.45, 2.75) is 37.8 Å². The van der Waals surface area contributed by atoms with Crippen LogP contribution in [0.5, 0.6) is 0 Å². The summed E-state index contributed by atoms with van der Waals surface area (Å²) < 4.78 is 27.5. The first kappa shape index (κ1) is 27.9. The van der Waals surface area contributed by atoms with Gasteiger partial charge >= 0.3 is 0 Å². The zero-order valence-corrected chi connectivity index (χ0v) is 22.7. The van der Waals surface area contributed by atoms with E-state index in [1.807, 2.05) is 31.2 Å². The van der Waals surface area contributed by atoms with E-state index in [1.165, 1.54) is 18.0 Å². The molecule has 0 spiro atoms. The first-order valence-corrected chi connectivity index (χ1v) is 13.7. The fraction of sp³-hybridized carbons (Fsp3) is 0.308. The predicted molar refractivity (Wildman–Crippen MR) is 144 cm³/mol. The van der Waals surface area contributed by atoms with Gasteiger partial charge in [0.1, 0.15) is 6.04 Å². The molecular weight excluding hydrogens is 521 g/mol. The zero-order chi connectivity index (χ0) is 26.5. The Hall–Kier alpha value is -2.65. The molecule has 0 heterocycles. The van der Waals surface area contributed by atoms with Gasteiger partial charge in [-0.2, -0.15) is 4.31 Å². The second-order valence-corrected chi connectivity index (χ2v) is 11.3. The van der Waals surface area contributed by atoms with Gasteiger partial charge in [-0.15, -0.1) is 0 Å². The Kier molecular flexibility index (Phi) is 9.35. The summed E-state index contributed by atoms with van der Waals surface area (Å²) >= 11 is 12.6. The van der Waals surface area contributed by atoms with E-state index in [2.05, 4.69) is 5.32 Å². The first-order valence-electron chi connectivity index (χ1n) is 11.5. The highest BCUT2D eigenvalue weighted by atomic mass is 35.5. The molecule has 0 saturated carbocycles. The maximum absolute atomic E-state index is 13.4. The minimum Gasteiger partial charge on any atom is -0.354 e. The quantitative estimate of drug-likeness (QED) is 0.396. The van der Waals surface area contributed by atoms with Crippen LogP contribution in [0, 0.1) is 0 Å². The third kappa shape index (κ3) is 6.37. The van der Waals surface area contributed by atoms with Gasteiger partial charge in [-0.3, -0.25) is 9.59 Å². The number of nitrogens with one attached hydrogen (secondary N) is 1. The number of hydrogen-bond acceptors (Lipinski definition) is 4. The number of benzene rings is 3. The third-order valence-electron chi connectivity index (χ3n) is 5.89. The van der Waals surface area contributed by atoms with Crippen molar-refractivity contribution in [3.05, 3.63) is 76.3 Å².